The van der Waals surface area contributed by atoms with Crippen molar-refractivity contribution in [2.45, 2.75) is 24.8 Å². The molecule has 1 saturated heterocycles. The van der Waals surface area contributed by atoms with Crippen molar-refractivity contribution < 1.29 is 8.42 Å². The average Bonchev–Trinajstić information content (AvgIpc) is 2.67. The highest BCUT2D eigenvalue weighted by Crippen LogP contribution is 2.17. The second-order valence-corrected chi connectivity index (χ2v) is 7.36. The van der Waals surface area contributed by atoms with E-state index in [0.29, 0.717) is 25.5 Å². The molecule has 0 saturated carbocycles. The summed E-state index contributed by atoms with van der Waals surface area (Å²) in [5.41, 5.74) is 5.53. The van der Waals surface area contributed by atoms with E-state index in [-0.39, 0.29) is 5.03 Å². The zero-order chi connectivity index (χ0) is 15.5. The van der Waals surface area contributed by atoms with E-state index in [1.807, 2.05) is 0 Å². The molecule has 1 aromatic rings. The predicted molar refractivity (Wildman–Crippen MR) is 81.4 cm³/mol. The molecule has 0 aliphatic carbocycles. The number of aryl methyl sites for hydroxylation is 2. The molecular weight excluding hydrogens is 290 g/mol. The summed E-state index contributed by atoms with van der Waals surface area (Å²) in [6.45, 7) is 6.16. The highest BCUT2D eigenvalue weighted by molar-refractivity contribution is 7.89. The fourth-order valence-electron chi connectivity index (χ4n) is 2.51. The quantitative estimate of drug-likeness (QED) is 0.811. The summed E-state index contributed by atoms with van der Waals surface area (Å²) in [6, 6.07) is 0. The average molecular weight is 315 g/mol. The van der Waals surface area contributed by atoms with Crippen molar-refractivity contribution in [3.8, 4) is 0 Å². The Kier molecular flexibility index (Phi) is 5.37. The maximum atomic E-state index is 12.6. The lowest BCUT2D eigenvalue weighted by Gasteiger charge is -2.20. The molecule has 0 radical (unpaired) electrons. The molecule has 0 atom stereocenters. The Labute approximate surface area is 126 Å². The Balaban J connectivity index is 2.07. The zero-order valence-electron chi connectivity index (χ0n) is 12.8. The van der Waals surface area contributed by atoms with E-state index in [0.717, 1.165) is 32.5 Å². The van der Waals surface area contributed by atoms with E-state index in [1.165, 1.54) is 0 Å². The lowest BCUT2D eigenvalue weighted by molar-refractivity contribution is 0.284. The van der Waals surface area contributed by atoms with E-state index in [4.69, 9.17) is 5.73 Å². The molecule has 0 unspecified atom stereocenters. The van der Waals surface area contributed by atoms with Gasteiger partial charge in [0.1, 0.15) is 5.82 Å². The topological polar surface area (TPSA) is 84.5 Å². The monoisotopic (exact) mass is 315 g/mol. The third-order valence-electron chi connectivity index (χ3n) is 3.92. The van der Waals surface area contributed by atoms with E-state index >= 15 is 0 Å². The number of nitrogens with zero attached hydrogens (tertiary/aromatic N) is 4. The lowest BCUT2D eigenvalue weighted by atomic mass is 10.3. The first-order chi connectivity index (χ1) is 9.95. The van der Waals surface area contributed by atoms with Gasteiger partial charge in [0, 0.05) is 32.9 Å². The number of nitrogens with two attached hydrogens (primary N) is 1. The molecule has 8 heteroatoms. The minimum atomic E-state index is -3.48. The van der Waals surface area contributed by atoms with Crippen LogP contribution in [0.1, 0.15) is 18.7 Å². The van der Waals surface area contributed by atoms with Crippen molar-refractivity contribution in [3.63, 3.8) is 0 Å². The van der Waals surface area contributed by atoms with Crippen LogP contribution in [-0.2, 0) is 17.1 Å². The first kappa shape index (κ1) is 16.4. The molecule has 7 nitrogen and oxygen atoms in total. The molecule has 2 heterocycles. The fourth-order valence-corrected chi connectivity index (χ4v) is 4.00. The van der Waals surface area contributed by atoms with Gasteiger partial charge >= 0.3 is 0 Å². The minimum absolute atomic E-state index is 0.151. The normalized spacial score (nSPS) is 18.8. The predicted octanol–water partition coefficient (Wildman–Crippen LogP) is -0.226. The van der Waals surface area contributed by atoms with Crippen LogP contribution in [0.3, 0.4) is 0 Å². The number of rotatable bonds is 5. The van der Waals surface area contributed by atoms with Gasteiger partial charge in [0.25, 0.3) is 10.0 Å². The van der Waals surface area contributed by atoms with Gasteiger partial charge in [0.2, 0.25) is 0 Å². The standard InChI is InChI=1S/C13H25N5O2S/c1-12-15-13(11-16(12)2)21(19,20)18-8-4-7-17(9-10-18)6-3-5-14/h11H,3-10,14H2,1-2H3. The van der Waals surface area contributed by atoms with Crippen molar-refractivity contribution in [2.24, 2.45) is 12.8 Å². The SMILES string of the molecule is Cc1nc(S(=O)(=O)N2CCCN(CCCN)CC2)cn1C. The van der Waals surface area contributed by atoms with Crippen LogP contribution in [0, 0.1) is 6.92 Å². The molecule has 1 aliphatic heterocycles. The van der Waals surface area contributed by atoms with Crippen molar-refractivity contribution in [1.82, 2.24) is 18.8 Å². The van der Waals surface area contributed by atoms with E-state index in [2.05, 4.69) is 9.88 Å². The van der Waals surface area contributed by atoms with Gasteiger partial charge in [-0.2, -0.15) is 4.31 Å². The van der Waals surface area contributed by atoms with Crippen LogP contribution in [0.5, 0.6) is 0 Å². The second kappa shape index (κ2) is 6.87. The largest absolute Gasteiger partial charge is 0.337 e. The van der Waals surface area contributed by atoms with Crippen molar-refractivity contribution in [2.75, 3.05) is 39.3 Å². The van der Waals surface area contributed by atoms with Crippen LogP contribution in [0.15, 0.2) is 11.2 Å². The maximum Gasteiger partial charge on any atom is 0.262 e. The fraction of sp³-hybridized carbons (Fsp3) is 0.769. The summed E-state index contributed by atoms with van der Waals surface area (Å²) in [7, 11) is -1.68. The summed E-state index contributed by atoms with van der Waals surface area (Å²) in [4.78, 5) is 6.44. The van der Waals surface area contributed by atoms with Gasteiger partial charge in [-0.3, -0.25) is 0 Å². The van der Waals surface area contributed by atoms with Gasteiger partial charge < -0.3 is 15.2 Å². The summed E-state index contributed by atoms with van der Waals surface area (Å²) in [6.07, 6.45) is 3.38. The third kappa shape index (κ3) is 3.82. The molecule has 1 aliphatic rings. The molecule has 1 fully saturated rings. The Bertz CT molecular complexity index is 550. The van der Waals surface area contributed by atoms with Gasteiger partial charge in [-0.1, -0.05) is 0 Å². The summed E-state index contributed by atoms with van der Waals surface area (Å²) in [5.74, 6) is 0.702. The number of sulfonamides is 1. The molecule has 2 rings (SSSR count). The minimum Gasteiger partial charge on any atom is -0.337 e. The van der Waals surface area contributed by atoms with Crippen LogP contribution in [0.25, 0.3) is 0 Å². The summed E-state index contributed by atoms with van der Waals surface area (Å²) < 4.78 is 28.6. The van der Waals surface area contributed by atoms with Crippen LogP contribution in [-0.4, -0.2) is 66.4 Å². The zero-order valence-corrected chi connectivity index (χ0v) is 13.6. The molecule has 0 aromatic carbocycles. The molecular formula is C13H25N5O2S. The highest BCUT2D eigenvalue weighted by atomic mass is 32.2. The Hall–Kier alpha value is -0.960. The smallest absolute Gasteiger partial charge is 0.262 e. The number of imidazole rings is 1. The first-order valence-electron chi connectivity index (χ1n) is 7.37. The van der Waals surface area contributed by atoms with E-state index in [9.17, 15) is 8.42 Å². The van der Waals surface area contributed by atoms with Crippen LogP contribution >= 0.6 is 0 Å². The maximum absolute atomic E-state index is 12.6. The Morgan fingerprint density at radius 2 is 2.05 bits per heavy atom. The van der Waals surface area contributed by atoms with Gasteiger partial charge in [0.05, 0.1) is 0 Å². The number of hydrogen-bond donors (Lipinski definition) is 1. The molecule has 21 heavy (non-hydrogen) atoms. The molecule has 0 bridgehead atoms. The van der Waals surface area contributed by atoms with Crippen LogP contribution in [0.2, 0.25) is 0 Å². The Morgan fingerprint density at radius 1 is 1.29 bits per heavy atom. The summed E-state index contributed by atoms with van der Waals surface area (Å²) in [5, 5.41) is 0.151. The van der Waals surface area contributed by atoms with Crippen LogP contribution < -0.4 is 5.73 Å². The van der Waals surface area contributed by atoms with Crippen molar-refractivity contribution in [1.29, 1.82) is 0 Å². The van der Waals surface area contributed by atoms with Gasteiger partial charge in [-0.25, -0.2) is 13.4 Å². The molecule has 0 amide bonds. The molecule has 120 valence electrons. The van der Waals surface area contributed by atoms with Gasteiger partial charge in [0.15, 0.2) is 5.03 Å². The highest BCUT2D eigenvalue weighted by Gasteiger charge is 2.29. The summed E-state index contributed by atoms with van der Waals surface area (Å²) >= 11 is 0. The van der Waals surface area contributed by atoms with E-state index in [1.54, 1.807) is 29.0 Å². The van der Waals surface area contributed by atoms with Crippen LogP contribution in [0.4, 0.5) is 0 Å². The third-order valence-corrected chi connectivity index (χ3v) is 5.69. The molecule has 2 N–H and O–H groups in total. The number of hydrogen-bond acceptors (Lipinski definition) is 5. The first-order valence-corrected chi connectivity index (χ1v) is 8.81. The second-order valence-electron chi connectivity index (χ2n) is 5.48. The van der Waals surface area contributed by atoms with E-state index < -0.39 is 10.0 Å². The lowest BCUT2D eigenvalue weighted by Crippen LogP contribution is -2.35. The molecule has 1 aromatic heterocycles. The van der Waals surface area contributed by atoms with Gasteiger partial charge in [-0.15, -0.1) is 0 Å². The number of aromatic nitrogens is 2. The molecule has 0 spiro atoms. The van der Waals surface area contributed by atoms with Crippen molar-refractivity contribution >= 4 is 10.0 Å². The van der Waals surface area contributed by atoms with Crippen molar-refractivity contribution in [3.05, 3.63) is 12.0 Å². The van der Waals surface area contributed by atoms with Gasteiger partial charge in [-0.05, 0) is 39.4 Å². The Morgan fingerprint density at radius 3 is 2.67 bits per heavy atom.